The molecule has 4 rings (SSSR count). The van der Waals surface area contributed by atoms with Crippen molar-refractivity contribution in [1.29, 1.82) is 0 Å². The molecule has 2 aromatic rings. The fraction of sp³-hybridized carbons (Fsp3) is 0.667. The molecule has 2 aliphatic heterocycles. The summed E-state index contributed by atoms with van der Waals surface area (Å²) in [7, 11) is 2.15. The normalized spacial score (nSPS) is 22.6. The molecule has 28 heavy (non-hydrogen) atoms. The maximum Gasteiger partial charge on any atom is 0.225 e. The van der Waals surface area contributed by atoms with Crippen LogP contribution in [0.1, 0.15) is 45.1 Å². The van der Waals surface area contributed by atoms with Gasteiger partial charge in [-0.3, -0.25) is 4.79 Å². The molecule has 7 heteroatoms. The van der Waals surface area contributed by atoms with Gasteiger partial charge in [0.15, 0.2) is 0 Å². The number of carbonyl (C=O) groups excluding carboxylic acids is 1. The number of para-hydroxylation sites is 1. The van der Waals surface area contributed by atoms with E-state index in [2.05, 4.69) is 34.1 Å². The minimum atomic E-state index is -0.0295. The third kappa shape index (κ3) is 4.20. The average molecular weight is 386 g/mol. The zero-order valence-electron chi connectivity index (χ0n) is 17.0. The van der Waals surface area contributed by atoms with E-state index in [0.29, 0.717) is 12.5 Å². The molecule has 2 aliphatic rings. The number of benzene rings is 1. The van der Waals surface area contributed by atoms with Crippen molar-refractivity contribution in [3.63, 3.8) is 0 Å². The van der Waals surface area contributed by atoms with Crippen molar-refractivity contribution in [2.24, 2.45) is 0 Å². The van der Waals surface area contributed by atoms with Gasteiger partial charge in [-0.05, 0) is 64.9 Å². The lowest BCUT2D eigenvalue weighted by Gasteiger charge is -2.38. The standard InChI is InChI=1S/C21H31N5O2/c1-16(26-20-8-4-3-7-19(20)22-23-26)14-21(27)25(15-18-6-5-13-28-18)17-9-11-24(2)12-10-17/h3-4,7-8,16-18H,5-6,9-15H2,1-2H3/t16-,18+/m1/s1. The number of carbonyl (C=O) groups is 1. The van der Waals surface area contributed by atoms with Gasteiger partial charge in [-0.15, -0.1) is 5.10 Å². The lowest BCUT2D eigenvalue weighted by Crippen LogP contribution is -2.49. The third-order valence-electron chi connectivity index (χ3n) is 6.14. The van der Waals surface area contributed by atoms with Crippen molar-refractivity contribution in [1.82, 2.24) is 24.8 Å². The Kier molecular flexibility index (Phi) is 5.92. The Balaban J connectivity index is 1.47. The molecule has 2 saturated heterocycles. The van der Waals surface area contributed by atoms with Crippen molar-refractivity contribution in [2.75, 3.05) is 33.3 Å². The Bertz CT molecular complexity index is 793. The molecule has 1 amide bonds. The number of hydrogen-bond donors (Lipinski definition) is 0. The van der Waals surface area contributed by atoms with Crippen molar-refractivity contribution < 1.29 is 9.53 Å². The van der Waals surface area contributed by atoms with Crippen molar-refractivity contribution >= 4 is 16.9 Å². The number of hydrogen-bond acceptors (Lipinski definition) is 5. The van der Waals surface area contributed by atoms with Crippen LogP contribution in [-0.2, 0) is 9.53 Å². The summed E-state index contributed by atoms with van der Waals surface area (Å²) in [4.78, 5) is 17.8. The number of amides is 1. The Morgan fingerprint density at radius 2 is 2.07 bits per heavy atom. The van der Waals surface area contributed by atoms with Gasteiger partial charge in [0.1, 0.15) is 5.52 Å². The largest absolute Gasteiger partial charge is 0.376 e. The van der Waals surface area contributed by atoms with E-state index >= 15 is 0 Å². The highest BCUT2D eigenvalue weighted by molar-refractivity contribution is 5.78. The van der Waals surface area contributed by atoms with Crippen LogP contribution in [0.4, 0.5) is 0 Å². The van der Waals surface area contributed by atoms with E-state index < -0.39 is 0 Å². The predicted octanol–water partition coefficient (Wildman–Crippen LogP) is 2.48. The number of piperidine rings is 1. The fourth-order valence-corrected chi connectivity index (χ4v) is 4.44. The molecule has 152 valence electrons. The number of aromatic nitrogens is 3. The minimum absolute atomic E-state index is 0.0295. The lowest BCUT2D eigenvalue weighted by atomic mass is 10.0. The summed E-state index contributed by atoms with van der Waals surface area (Å²) in [6, 6.07) is 8.19. The predicted molar refractivity (Wildman–Crippen MR) is 108 cm³/mol. The van der Waals surface area contributed by atoms with Crippen LogP contribution in [0.15, 0.2) is 24.3 Å². The van der Waals surface area contributed by atoms with Crippen molar-refractivity contribution in [3.05, 3.63) is 24.3 Å². The molecule has 3 heterocycles. The minimum Gasteiger partial charge on any atom is -0.376 e. The average Bonchev–Trinajstić information content (AvgIpc) is 3.36. The Morgan fingerprint density at radius 3 is 2.82 bits per heavy atom. The van der Waals surface area contributed by atoms with Gasteiger partial charge in [0.2, 0.25) is 5.91 Å². The first-order chi connectivity index (χ1) is 13.6. The van der Waals surface area contributed by atoms with Crippen LogP contribution in [-0.4, -0.2) is 76.1 Å². The van der Waals surface area contributed by atoms with Crippen LogP contribution in [0.5, 0.6) is 0 Å². The molecule has 0 unspecified atom stereocenters. The molecular weight excluding hydrogens is 354 g/mol. The maximum absolute atomic E-state index is 13.3. The van der Waals surface area contributed by atoms with Gasteiger partial charge in [0, 0.05) is 25.6 Å². The third-order valence-corrected chi connectivity index (χ3v) is 6.14. The molecule has 0 radical (unpaired) electrons. The van der Waals surface area contributed by atoms with Crippen LogP contribution in [0.2, 0.25) is 0 Å². The zero-order valence-corrected chi connectivity index (χ0v) is 17.0. The molecule has 0 spiro atoms. The number of rotatable bonds is 6. The quantitative estimate of drug-likeness (QED) is 0.764. The monoisotopic (exact) mass is 385 g/mol. The summed E-state index contributed by atoms with van der Waals surface area (Å²) in [6.07, 6.45) is 4.85. The fourth-order valence-electron chi connectivity index (χ4n) is 4.44. The first kappa shape index (κ1) is 19.3. The molecular formula is C21H31N5O2. The van der Waals surface area contributed by atoms with E-state index in [1.54, 1.807) is 0 Å². The molecule has 1 aromatic carbocycles. The summed E-state index contributed by atoms with van der Waals surface area (Å²) < 4.78 is 7.73. The topological polar surface area (TPSA) is 63.5 Å². The smallest absolute Gasteiger partial charge is 0.225 e. The number of nitrogens with zero attached hydrogens (tertiary/aromatic N) is 5. The number of ether oxygens (including phenoxy) is 1. The van der Waals surface area contributed by atoms with Crippen LogP contribution in [0, 0.1) is 0 Å². The maximum atomic E-state index is 13.3. The van der Waals surface area contributed by atoms with Gasteiger partial charge in [-0.2, -0.15) is 0 Å². The van der Waals surface area contributed by atoms with E-state index in [1.807, 2.05) is 28.9 Å². The summed E-state index contributed by atoms with van der Waals surface area (Å²) in [5.74, 6) is 0.206. The molecule has 0 N–H and O–H groups in total. The Morgan fingerprint density at radius 1 is 1.29 bits per heavy atom. The van der Waals surface area contributed by atoms with Crippen LogP contribution >= 0.6 is 0 Å². The molecule has 0 saturated carbocycles. The lowest BCUT2D eigenvalue weighted by molar-refractivity contribution is -0.137. The summed E-state index contributed by atoms with van der Waals surface area (Å²) in [5.41, 5.74) is 1.85. The number of fused-ring (bicyclic) bond motifs is 1. The van der Waals surface area contributed by atoms with Gasteiger partial charge >= 0.3 is 0 Å². The molecule has 0 bridgehead atoms. The van der Waals surface area contributed by atoms with E-state index in [9.17, 15) is 4.79 Å². The van der Waals surface area contributed by atoms with Gasteiger partial charge in [0.05, 0.1) is 17.7 Å². The molecule has 7 nitrogen and oxygen atoms in total. The summed E-state index contributed by atoms with van der Waals surface area (Å²) in [5, 5.41) is 8.53. The molecule has 2 atom stereocenters. The zero-order chi connectivity index (χ0) is 19.5. The Hall–Kier alpha value is -1.99. The van der Waals surface area contributed by atoms with E-state index in [-0.39, 0.29) is 18.1 Å². The molecule has 2 fully saturated rings. The first-order valence-corrected chi connectivity index (χ1v) is 10.5. The highest BCUT2D eigenvalue weighted by atomic mass is 16.5. The van der Waals surface area contributed by atoms with Gasteiger partial charge in [-0.1, -0.05) is 17.3 Å². The van der Waals surface area contributed by atoms with E-state index in [4.69, 9.17) is 4.74 Å². The highest BCUT2D eigenvalue weighted by Gasteiger charge is 2.31. The highest BCUT2D eigenvalue weighted by Crippen LogP contribution is 2.24. The second-order valence-electron chi connectivity index (χ2n) is 8.29. The summed E-state index contributed by atoms with van der Waals surface area (Å²) >= 11 is 0. The van der Waals surface area contributed by atoms with Crippen LogP contribution in [0.25, 0.3) is 11.0 Å². The van der Waals surface area contributed by atoms with Gasteiger partial charge < -0.3 is 14.5 Å². The molecule has 1 aromatic heterocycles. The summed E-state index contributed by atoms with van der Waals surface area (Å²) in [6.45, 7) is 5.68. The van der Waals surface area contributed by atoms with Gasteiger partial charge in [-0.25, -0.2) is 4.68 Å². The van der Waals surface area contributed by atoms with Crippen LogP contribution < -0.4 is 0 Å². The van der Waals surface area contributed by atoms with Gasteiger partial charge in [0.25, 0.3) is 0 Å². The SMILES string of the molecule is C[C@H](CC(=O)N(C[C@@H]1CCCO1)C1CCN(C)CC1)n1nnc2ccccc21. The number of likely N-dealkylation sites (tertiary alicyclic amines) is 1. The van der Waals surface area contributed by atoms with E-state index in [0.717, 1.165) is 63.0 Å². The van der Waals surface area contributed by atoms with Crippen molar-refractivity contribution in [2.45, 2.75) is 57.2 Å². The first-order valence-electron chi connectivity index (χ1n) is 10.5. The van der Waals surface area contributed by atoms with Crippen LogP contribution in [0.3, 0.4) is 0 Å². The second kappa shape index (κ2) is 8.57. The molecule has 0 aliphatic carbocycles. The second-order valence-corrected chi connectivity index (χ2v) is 8.29. The van der Waals surface area contributed by atoms with E-state index in [1.165, 1.54) is 0 Å². The van der Waals surface area contributed by atoms with Crippen molar-refractivity contribution in [3.8, 4) is 0 Å². The Labute approximate surface area is 166 Å².